The van der Waals surface area contributed by atoms with E-state index in [4.69, 9.17) is 5.11 Å². The summed E-state index contributed by atoms with van der Waals surface area (Å²) in [6.45, 7) is 1.40. The fourth-order valence-corrected chi connectivity index (χ4v) is 1.64. The van der Waals surface area contributed by atoms with E-state index in [-0.39, 0.29) is 0 Å². The van der Waals surface area contributed by atoms with Gasteiger partial charge in [0.15, 0.2) is 0 Å². The molecule has 6 nitrogen and oxygen atoms in total. The standard InChI is InChI=1S/C13H13N3O3/c1-8(12(17)18)15-13(19)16-11-4-2-3-9-5-6-14-7-10(9)11/h2-8H,1H3,(H,17,18)(H2,15,16,19)/t8-/m1/s1. The fraction of sp³-hybridized carbons (Fsp3) is 0.154. The number of nitrogens with one attached hydrogen (secondary N) is 2. The number of hydrogen-bond acceptors (Lipinski definition) is 3. The first-order valence-electron chi connectivity index (χ1n) is 5.71. The Hall–Kier alpha value is -2.63. The molecule has 0 spiro atoms. The molecule has 3 N–H and O–H groups in total. The molecule has 1 aromatic carbocycles. The molecule has 0 fully saturated rings. The Balaban J connectivity index is 2.17. The van der Waals surface area contributed by atoms with E-state index in [0.29, 0.717) is 5.69 Å². The van der Waals surface area contributed by atoms with E-state index in [9.17, 15) is 9.59 Å². The Morgan fingerprint density at radius 3 is 2.84 bits per heavy atom. The van der Waals surface area contributed by atoms with E-state index in [1.54, 1.807) is 24.5 Å². The Labute approximate surface area is 109 Å². The number of pyridine rings is 1. The zero-order valence-electron chi connectivity index (χ0n) is 10.3. The molecule has 98 valence electrons. The van der Waals surface area contributed by atoms with Crippen molar-refractivity contribution in [3.63, 3.8) is 0 Å². The average Bonchev–Trinajstić information content (AvgIpc) is 2.39. The Bertz CT molecular complexity index is 622. The molecule has 0 aliphatic carbocycles. The van der Waals surface area contributed by atoms with Crippen LogP contribution in [0, 0.1) is 0 Å². The number of carboxylic acid groups (broad SMARTS) is 1. The van der Waals surface area contributed by atoms with Crippen LogP contribution in [0.25, 0.3) is 10.8 Å². The lowest BCUT2D eigenvalue weighted by atomic mass is 10.1. The summed E-state index contributed by atoms with van der Waals surface area (Å²) in [5, 5.41) is 15.4. The van der Waals surface area contributed by atoms with E-state index in [2.05, 4.69) is 15.6 Å². The van der Waals surface area contributed by atoms with Crippen molar-refractivity contribution in [2.45, 2.75) is 13.0 Å². The van der Waals surface area contributed by atoms with E-state index in [0.717, 1.165) is 10.8 Å². The predicted octanol–water partition coefficient (Wildman–Crippen LogP) is 1.83. The molecule has 1 heterocycles. The van der Waals surface area contributed by atoms with Gasteiger partial charge in [0, 0.05) is 17.8 Å². The summed E-state index contributed by atoms with van der Waals surface area (Å²) < 4.78 is 0. The second-order valence-corrected chi connectivity index (χ2v) is 4.06. The fourth-order valence-electron chi connectivity index (χ4n) is 1.64. The Morgan fingerprint density at radius 1 is 1.32 bits per heavy atom. The molecule has 0 unspecified atom stereocenters. The van der Waals surface area contributed by atoms with Crippen molar-refractivity contribution in [3.05, 3.63) is 36.7 Å². The van der Waals surface area contributed by atoms with E-state index in [1.165, 1.54) is 6.92 Å². The van der Waals surface area contributed by atoms with Gasteiger partial charge in [-0.1, -0.05) is 12.1 Å². The van der Waals surface area contributed by atoms with Crippen LogP contribution in [0.1, 0.15) is 6.92 Å². The van der Waals surface area contributed by atoms with Gasteiger partial charge in [0.1, 0.15) is 6.04 Å². The minimum Gasteiger partial charge on any atom is -0.480 e. The van der Waals surface area contributed by atoms with E-state index < -0.39 is 18.0 Å². The molecule has 0 radical (unpaired) electrons. The third-order valence-corrected chi connectivity index (χ3v) is 2.65. The van der Waals surface area contributed by atoms with Crippen LogP contribution in [0.15, 0.2) is 36.7 Å². The Kier molecular flexibility index (Phi) is 3.61. The molecule has 0 aliphatic heterocycles. The first-order valence-corrected chi connectivity index (χ1v) is 5.71. The summed E-state index contributed by atoms with van der Waals surface area (Å²) in [6.07, 6.45) is 3.31. The number of nitrogens with zero attached hydrogens (tertiary/aromatic N) is 1. The number of hydrogen-bond donors (Lipinski definition) is 3. The molecule has 0 bridgehead atoms. The number of carbonyl (C=O) groups excluding carboxylic acids is 1. The third-order valence-electron chi connectivity index (χ3n) is 2.65. The van der Waals surface area contributed by atoms with Gasteiger partial charge in [-0.25, -0.2) is 4.79 Å². The smallest absolute Gasteiger partial charge is 0.325 e. The summed E-state index contributed by atoms with van der Waals surface area (Å²) in [6, 6.07) is 5.76. The maximum atomic E-state index is 11.7. The van der Waals surface area contributed by atoms with Gasteiger partial charge in [0.25, 0.3) is 0 Å². The van der Waals surface area contributed by atoms with Gasteiger partial charge < -0.3 is 15.7 Å². The van der Waals surface area contributed by atoms with Crippen LogP contribution < -0.4 is 10.6 Å². The van der Waals surface area contributed by atoms with Crippen molar-refractivity contribution in [1.82, 2.24) is 10.3 Å². The van der Waals surface area contributed by atoms with Crippen molar-refractivity contribution in [3.8, 4) is 0 Å². The highest BCUT2D eigenvalue weighted by molar-refractivity contribution is 6.01. The van der Waals surface area contributed by atoms with Crippen LogP contribution in [0.5, 0.6) is 0 Å². The maximum absolute atomic E-state index is 11.7. The molecule has 1 aromatic heterocycles. The van der Waals surface area contributed by atoms with E-state index in [1.807, 2.05) is 12.1 Å². The van der Waals surface area contributed by atoms with Gasteiger partial charge in [-0.15, -0.1) is 0 Å². The molecule has 2 rings (SSSR count). The van der Waals surface area contributed by atoms with Crippen LogP contribution in [0.2, 0.25) is 0 Å². The second-order valence-electron chi connectivity index (χ2n) is 4.06. The zero-order chi connectivity index (χ0) is 13.8. The summed E-state index contributed by atoms with van der Waals surface area (Å²) in [5.74, 6) is -1.09. The molecular formula is C13H13N3O3. The number of aromatic nitrogens is 1. The highest BCUT2D eigenvalue weighted by atomic mass is 16.4. The summed E-state index contributed by atoms with van der Waals surface area (Å²) >= 11 is 0. The summed E-state index contributed by atoms with van der Waals surface area (Å²) in [7, 11) is 0. The highest BCUT2D eigenvalue weighted by Crippen LogP contribution is 2.21. The zero-order valence-corrected chi connectivity index (χ0v) is 10.3. The minimum atomic E-state index is -1.09. The molecule has 19 heavy (non-hydrogen) atoms. The van der Waals surface area contributed by atoms with Gasteiger partial charge in [-0.05, 0) is 24.4 Å². The lowest BCUT2D eigenvalue weighted by Gasteiger charge is -2.12. The molecule has 1 atom stereocenters. The van der Waals surface area contributed by atoms with Gasteiger partial charge in [-0.2, -0.15) is 0 Å². The number of rotatable bonds is 3. The number of fused-ring (bicyclic) bond motifs is 1. The second kappa shape index (κ2) is 5.34. The van der Waals surface area contributed by atoms with Crippen molar-refractivity contribution in [2.75, 3.05) is 5.32 Å². The minimum absolute atomic E-state index is 0.564. The molecule has 2 amide bonds. The Morgan fingerprint density at radius 2 is 2.11 bits per heavy atom. The molecule has 0 saturated heterocycles. The monoisotopic (exact) mass is 259 g/mol. The SMILES string of the molecule is C[C@@H](NC(=O)Nc1cccc2ccncc12)C(=O)O. The first kappa shape index (κ1) is 12.8. The maximum Gasteiger partial charge on any atom is 0.325 e. The topological polar surface area (TPSA) is 91.3 Å². The van der Waals surface area contributed by atoms with Crippen LogP contribution in [0.4, 0.5) is 10.5 Å². The number of benzene rings is 1. The normalized spacial score (nSPS) is 11.8. The van der Waals surface area contributed by atoms with Gasteiger partial charge in [0.2, 0.25) is 0 Å². The number of aliphatic carboxylic acids is 1. The van der Waals surface area contributed by atoms with E-state index >= 15 is 0 Å². The highest BCUT2D eigenvalue weighted by Gasteiger charge is 2.14. The van der Waals surface area contributed by atoms with Crippen LogP contribution >= 0.6 is 0 Å². The third kappa shape index (κ3) is 2.98. The lowest BCUT2D eigenvalue weighted by Crippen LogP contribution is -2.40. The van der Waals surface area contributed by atoms with Crippen LogP contribution in [0.3, 0.4) is 0 Å². The number of urea groups is 1. The van der Waals surface area contributed by atoms with Crippen LogP contribution in [-0.2, 0) is 4.79 Å². The van der Waals surface area contributed by atoms with Crippen molar-refractivity contribution in [2.24, 2.45) is 0 Å². The summed E-state index contributed by atoms with van der Waals surface area (Å²) in [5.41, 5.74) is 0.584. The molecule has 2 aromatic rings. The predicted molar refractivity (Wildman–Crippen MR) is 71.0 cm³/mol. The van der Waals surface area contributed by atoms with Gasteiger partial charge in [0.05, 0.1) is 5.69 Å². The quantitative estimate of drug-likeness (QED) is 0.784. The summed E-state index contributed by atoms with van der Waals surface area (Å²) in [4.78, 5) is 26.3. The lowest BCUT2D eigenvalue weighted by molar-refractivity contribution is -0.138. The van der Waals surface area contributed by atoms with Gasteiger partial charge >= 0.3 is 12.0 Å². The van der Waals surface area contributed by atoms with Crippen molar-refractivity contribution in [1.29, 1.82) is 0 Å². The average molecular weight is 259 g/mol. The molecule has 6 heteroatoms. The molecule has 0 saturated carbocycles. The van der Waals surface area contributed by atoms with Crippen molar-refractivity contribution >= 4 is 28.5 Å². The number of carbonyl (C=O) groups is 2. The first-order chi connectivity index (χ1) is 9.08. The number of anilines is 1. The van der Waals surface area contributed by atoms with Crippen LogP contribution in [-0.4, -0.2) is 28.1 Å². The largest absolute Gasteiger partial charge is 0.480 e. The number of carboxylic acids is 1. The van der Waals surface area contributed by atoms with Gasteiger partial charge in [-0.3, -0.25) is 9.78 Å². The molecular weight excluding hydrogens is 246 g/mol. The number of amides is 2. The molecule has 0 aliphatic rings. The van der Waals surface area contributed by atoms with Crippen molar-refractivity contribution < 1.29 is 14.7 Å².